The van der Waals surface area contributed by atoms with Crippen molar-refractivity contribution in [2.24, 2.45) is 5.10 Å². The molecule has 0 saturated heterocycles. The van der Waals surface area contributed by atoms with Gasteiger partial charge in [0, 0.05) is 24.0 Å². The smallest absolute Gasteiger partial charge is 0.257 e. The number of carbonyl (C=O) groups is 2. The molecule has 0 N–H and O–H groups in total. The number of benzene rings is 2. The maximum Gasteiger partial charge on any atom is 0.257 e. The molecule has 2 heterocycles. The summed E-state index contributed by atoms with van der Waals surface area (Å²) in [5.74, 6) is -0.164. The van der Waals surface area contributed by atoms with E-state index in [4.69, 9.17) is 5.10 Å². The first kappa shape index (κ1) is 19.0. The Bertz CT molecular complexity index is 978. The summed E-state index contributed by atoms with van der Waals surface area (Å²) in [5.41, 5.74) is 2.42. The Morgan fingerprint density at radius 1 is 1.14 bits per heavy atom. The summed E-state index contributed by atoms with van der Waals surface area (Å²) in [6.45, 7) is 1.54. The standard InChI is InChI=1S/C20H19BrN4O2S/c1-12(26)24-16-7-5-4-6-15(16)17-19(27)23(2)20(28-3)22-25(17)18(24)13-8-10-14(21)11-9-13/h4-11,17-18H,1-3H3/t17-,18+/m1/s1. The van der Waals surface area contributed by atoms with Crippen molar-refractivity contribution in [3.05, 3.63) is 64.1 Å². The molecule has 0 spiro atoms. The van der Waals surface area contributed by atoms with Crippen molar-refractivity contribution in [1.29, 1.82) is 0 Å². The molecule has 0 unspecified atom stereocenters. The number of anilines is 1. The molecule has 2 aliphatic rings. The highest BCUT2D eigenvalue weighted by Crippen LogP contribution is 2.47. The first-order valence-electron chi connectivity index (χ1n) is 8.76. The molecular weight excluding hydrogens is 440 g/mol. The van der Waals surface area contributed by atoms with Crippen molar-refractivity contribution >= 4 is 50.4 Å². The van der Waals surface area contributed by atoms with Crippen molar-refractivity contribution in [2.75, 3.05) is 18.2 Å². The molecule has 144 valence electrons. The van der Waals surface area contributed by atoms with Gasteiger partial charge in [-0.1, -0.05) is 58.0 Å². The van der Waals surface area contributed by atoms with E-state index in [9.17, 15) is 9.59 Å². The Morgan fingerprint density at radius 2 is 1.82 bits per heavy atom. The summed E-state index contributed by atoms with van der Waals surface area (Å²) < 4.78 is 0.946. The Hall–Kier alpha value is -2.32. The number of rotatable bonds is 1. The number of hydrazone groups is 1. The summed E-state index contributed by atoms with van der Waals surface area (Å²) in [6.07, 6.45) is 1.38. The number of halogens is 1. The van der Waals surface area contributed by atoms with E-state index in [1.54, 1.807) is 28.8 Å². The zero-order valence-corrected chi connectivity index (χ0v) is 18.1. The third-order valence-corrected chi connectivity index (χ3v) is 6.24. The van der Waals surface area contributed by atoms with E-state index in [-0.39, 0.29) is 11.8 Å². The van der Waals surface area contributed by atoms with Crippen molar-refractivity contribution in [2.45, 2.75) is 19.1 Å². The monoisotopic (exact) mass is 458 g/mol. The van der Waals surface area contributed by atoms with Crippen LogP contribution >= 0.6 is 27.7 Å². The van der Waals surface area contributed by atoms with E-state index in [1.165, 1.54) is 11.8 Å². The molecule has 0 aromatic heterocycles. The summed E-state index contributed by atoms with van der Waals surface area (Å²) in [6, 6.07) is 14.7. The molecule has 0 bridgehead atoms. The number of para-hydroxylation sites is 1. The molecule has 2 atom stereocenters. The normalized spacial score (nSPS) is 21.2. The van der Waals surface area contributed by atoms with Crippen LogP contribution in [0.5, 0.6) is 0 Å². The van der Waals surface area contributed by atoms with Gasteiger partial charge in [0.05, 0.1) is 5.69 Å². The second-order valence-corrected chi connectivity index (χ2v) is 8.33. The Morgan fingerprint density at radius 3 is 2.46 bits per heavy atom. The predicted molar refractivity (Wildman–Crippen MR) is 115 cm³/mol. The number of likely N-dealkylation sites (N-methyl/N-ethyl adjacent to an activating group) is 1. The molecule has 2 aromatic carbocycles. The molecule has 6 nitrogen and oxygen atoms in total. The van der Waals surface area contributed by atoms with Crippen LogP contribution in [-0.2, 0) is 9.59 Å². The number of amidine groups is 1. The highest BCUT2D eigenvalue weighted by atomic mass is 79.9. The second kappa shape index (κ2) is 7.25. The minimum atomic E-state index is -0.582. The van der Waals surface area contributed by atoms with Crippen molar-refractivity contribution in [3.63, 3.8) is 0 Å². The van der Waals surface area contributed by atoms with Crippen LogP contribution in [0.3, 0.4) is 0 Å². The van der Waals surface area contributed by atoms with E-state index in [2.05, 4.69) is 15.9 Å². The molecule has 4 rings (SSSR count). The lowest BCUT2D eigenvalue weighted by molar-refractivity contribution is -0.136. The van der Waals surface area contributed by atoms with Crippen molar-refractivity contribution in [3.8, 4) is 0 Å². The molecule has 2 aromatic rings. The summed E-state index contributed by atoms with van der Waals surface area (Å²) in [4.78, 5) is 29.3. The topological polar surface area (TPSA) is 56.2 Å². The summed E-state index contributed by atoms with van der Waals surface area (Å²) >= 11 is 4.87. The minimum Gasteiger partial charge on any atom is -0.291 e. The average molecular weight is 459 g/mol. The fourth-order valence-corrected chi connectivity index (χ4v) is 4.53. The molecule has 0 radical (unpaired) electrons. The van der Waals surface area contributed by atoms with Crippen molar-refractivity contribution < 1.29 is 9.59 Å². The fraction of sp³-hybridized carbons (Fsp3) is 0.250. The van der Waals surface area contributed by atoms with Gasteiger partial charge in [0.15, 0.2) is 17.4 Å². The molecular formula is C20H19BrN4O2S. The maximum atomic E-state index is 13.3. The van der Waals surface area contributed by atoms with E-state index in [0.29, 0.717) is 5.17 Å². The SMILES string of the molecule is CSC1=NN2[C@@H](C(=O)N1C)c1ccccc1N(C(C)=O)[C@@H]2c1ccc(Br)cc1. The van der Waals surface area contributed by atoms with Crippen LogP contribution in [0.2, 0.25) is 0 Å². The lowest BCUT2D eigenvalue weighted by atomic mass is 9.95. The van der Waals surface area contributed by atoms with Crippen LogP contribution in [-0.4, -0.2) is 40.2 Å². The third-order valence-electron chi connectivity index (χ3n) is 4.99. The van der Waals surface area contributed by atoms with Gasteiger partial charge in [-0.2, -0.15) is 0 Å². The van der Waals surface area contributed by atoms with Crippen LogP contribution in [0, 0.1) is 0 Å². The van der Waals surface area contributed by atoms with Gasteiger partial charge in [0.1, 0.15) is 0 Å². The Labute approximate surface area is 176 Å². The number of amides is 2. The Kier molecular flexibility index (Phi) is 4.93. The van der Waals surface area contributed by atoms with Gasteiger partial charge in [-0.3, -0.25) is 24.4 Å². The molecule has 2 amide bonds. The fourth-order valence-electron chi connectivity index (χ4n) is 3.73. The first-order chi connectivity index (χ1) is 13.4. The van der Waals surface area contributed by atoms with Gasteiger partial charge in [0.25, 0.3) is 5.91 Å². The van der Waals surface area contributed by atoms with Gasteiger partial charge in [-0.05, 0) is 30.0 Å². The number of thioether (sulfide) groups is 1. The van der Waals surface area contributed by atoms with E-state index < -0.39 is 12.2 Å². The van der Waals surface area contributed by atoms with Gasteiger partial charge in [0.2, 0.25) is 5.91 Å². The molecule has 0 saturated carbocycles. The van der Waals surface area contributed by atoms with Crippen LogP contribution in [0.1, 0.15) is 30.3 Å². The minimum absolute atomic E-state index is 0.0582. The van der Waals surface area contributed by atoms with Crippen LogP contribution < -0.4 is 4.90 Å². The van der Waals surface area contributed by atoms with Gasteiger partial charge >= 0.3 is 0 Å². The van der Waals surface area contributed by atoms with Gasteiger partial charge in [-0.25, -0.2) is 0 Å². The largest absolute Gasteiger partial charge is 0.291 e. The summed E-state index contributed by atoms with van der Waals surface area (Å²) in [7, 11) is 1.74. The van der Waals surface area contributed by atoms with Crippen LogP contribution in [0.15, 0.2) is 58.1 Å². The average Bonchev–Trinajstić information content (AvgIpc) is 2.69. The molecule has 2 aliphatic heterocycles. The zero-order valence-electron chi connectivity index (χ0n) is 15.7. The van der Waals surface area contributed by atoms with E-state index >= 15 is 0 Å². The second-order valence-electron chi connectivity index (χ2n) is 6.64. The maximum absolute atomic E-state index is 13.3. The number of carbonyl (C=O) groups excluding carboxylic acids is 2. The lowest BCUT2D eigenvalue weighted by Gasteiger charge is -2.49. The number of fused-ring (bicyclic) bond motifs is 3. The quantitative estimate of drug-likeness (QED) is 0.648. The van der Waals surface area contributed by atoms with Gasteiger partial charge < -0.3 is 0 Å². The highest BCUT2D eigenvalue weighted by Gasteiger charge is 2.48. The van der Waals surface area contributed by atoms with Crippen molar-refractivity contribution in [1.82, 2.24) is 9.91 Å². The van der Waals surface area contributed by atoms with Crippen LogP contribution in [0.25, 0.3) is 0 Å². The first-order valence-corrected chi connectivity index (χ1v) is 10.8. The van der Waals surface area contributed by atoms with E-state index in [0.717, 1.165) is 21.3 Å². The molecule has 0 aliphatic carbocycles. The van der Waals surface area contributed by atoms with Crippen LogP contribution in [0.4, 0.5) is 5.69 Å². The lowest BCUT2D eigenvalue weighted by Crippen LogP contribution is -2.55. The Balaban J connectivity index is 1.99. The number of hydrogen-bond acceptors (Lipinski definition) is 5. The molecule has 8 heteroatoms. The summed E-state index contributed by atoms with van der Waals surface area (Å²) in [5, 5.41) is 7.15. The number of hydrogen-bond donors (Lipinski definition) is 0. The molecule has 0 fully saturated rings. The van der Waals surface area contributed by atoms with E-state index in [1.807, 2.05) is 54.8 Å². The number of nitrogens with zero attached hydrogens (tertiary/aromatic N) is 4. The third kappa shape index (κ3) is 2.91. The highest BCUT2D eigenvalue weighted by molar-refractivity contribution is 9.10. The zero-order chi connectivity index (χ0) is 20.0. The van der Waals surface area contributed by atoms with Gasteiger partial charge in [-0.15, -0.1) is 5.10 Å². The molecule has 28 heavy (non-hydrogen) atoms. The predicted octanol–water partition coefficient (Wildman–Crippen LogP) is 3.96.